The monoisotopic (exact) mass is 127 g/mol. The van der Waals surface area contributed by atoms with Gasteiger partial charge in [0.1, 0.15) is 5.72 Å². The van der Waals surface area contributed by atoms with Crippen LogP contribution in [0.5, 0.6) is 0 Å². The van der Waals surface area contributed by atoms with E-state index in [1.807, 2.05) is 0 Å². The molecule has 2 aliphatic heterocycles. The van der Waals surface area contributed by atoms with E-state index < -0.39 is 0 Å². The number of hydrogen-bond acceptors (Lipinski definition) is 2. The molecule has 1 spiro atoms. The van der Waals surface area contributed by atoms with E-state index in [9.17, 15) is 4.79 Å². The van der Waals surface area contributed by atoms with E-state index in [1.165, 1.54) is 0 Å². The summed E-state index contributed by atoms with van der Waals surface area (Å²) >= 11 is 0. The Hall–Kier alpha value is -0.570. The molecule has 0 aliphatic carbocycles. The molecule has 2 aliphatic rings. The number of carbonyl (C=O) groups excluding carboxylic acids is 1. The molecular formula is C6H9NO2. The third kappa shape index (κ3) is 0.645. The van der Waals surface area contributed by atoms with Crippen molar-refractivity contribution in [3.05, 3.63) is 0 Å². The fraction of sp³-hybridized carbons (Fsp3) is 0.833. The van der Waals surface area contributed by atoms with Crippen molar-refractivity contribution < 1.29 is 9.53 Å². The maximum atomic E-state index is 10.7. The summed E-state index contributed by atoms with van der Waals surface area (Å²) in [5.41, 5.74) is -0.211. The Balaban J connectivity index is 2.07. The Bertz CT molecular complexity index is 151. The molecular weight excluding hydrogens is 118 g/mol. The van der Waals surface area contributed by atoms with Crippen molar-refractivity contribution in [2.24, 2.45) is 0 Å². The summed E-state index contributed by atoms with van der Waals surface area (Å²) in [5, 5.41) is 2.81. The highest BCUT2D eigenvalue weighted by Gasteiger charge is 2.43. The zero-order chi connectivity index (χ0) is 6.32. The van der Waals surface area contributed by atoms with Crippen LogP contribution >= 0.6 is 0 Å². The van der Waals surface area contributed by atoms with E-state index >= 15 is 0 Å². The fourth-order valence-electron chi connectivity index (χ4n) is 1.34. The lowest BCUT2D eigenvalue weighted by atomic mass is 10.0. The quantitative estimate of drug-likeness (QED) is 0.498. The standard InChI is InChI=1S/C6H9NO2/c8-5-1-2-6(7-5)3-4-9-6/h1-4H2,(H,7,8). The molecule has 1 N–H and O–H groups in total. The number of carbonyl (C=O) groups is 1. The summed E-state index contributed by atoms with van der Waals surface area (Å²) < 4.78 is 5.22. The van der Waals surface area contributed by atoms with Crippen LogP contribution < -0.4 is 5.32 Å². The molecule has 1 amide bonds. The Labute approximate surface area is 53.4 Å². The van der Waals surface area contributed by atoms with Crippen molar-refractivity contribution in [2.45, 2.75) is 25.0 Å². The van der Waals surface area contributed by atoms with E-state index in [0.29, 0.717) is 6.42 Å². The highest BCUT2D eigenvalue weighted by Crippen LogP contribution is 2.32. The Morgan fingerprint density at radius 1 is 1.56 bits per heavy atom. The molecule has 3 nitrogen and oxygen atoms in total. The highest BCUT2D eigenvalue weighted by molar-refractivity contribution is 5.79. The van der Waals surface area contributed by atoms with Gasteiger partial charge in [0.15, 0.2) is 0 Å². The van der Waals surface area contributed by atoms with Gasteiger partial charge in [-0.2, -0.15) is 0 Å². The molecule has 0 bridgehead atoms. The third-order valence-corrected chi connectivity index (χ3v) is 2.01. The third-order valence-electron chi connectivity index (χ3n) is 2.01. The van der Waals surface area contributed by atoms with Crippen molar-refractivity contribution in [3.8, 4) is 0 Å². The van der Waals surface area contributed by atoms with Crippen LogP contribution in [-0.4, -0.2) is 18.2 Å². The molecule has 50 valence electrons. The first-order valence-electron chi connectivity index (χ1n) is 3.26. The summed E-state index contributed by atoms with van der Waals surface area (Å²) in [6.45, 7) is 0.806. The summed E-state index contributed by atoms with van der Waals surface area (Å²) in [5.74, 6) is 0.134. The van der Waals surface area contributed by atoms with Crippen LogP contribution in [0, 0.1) is 0 Å². The maximum absolute atomic E-state index is 10.7. The molecule has 0 saturated carbocycles. The zero-order valence-electron chi connectivity index (χ0n) is 5.14. The molecule has 9 heavy (non-hydrogen) atoms. The van der Waals surface area contributed by atoms with Crippen LogP contribution in [-0.2, 0) is 9.53 Å². The molecule has 2 fully saturated rings. The van der Waals surface area contributed by atoms with Gasteiger partial charge in [-0.05, 0) is 0 Å². The molecule has 0 aromatic rings. The first-order valence-corrected chi connectivity index (χ1v) is 3.26. The average molecular weight is 127 g/mol. The minimum absolute atomic E-state index is 0.134. The van der Waals surface area contributed by atoms with E-state index in [0.717, 1.165) is 19.4 Å². The summed E-state index contributed by atoms with van der Waals surface area (Å²) in [4.78, 5) is 10.7. The van der Waals surface area contributed by atoms with Gasteiger partial charge in [0.2, 0.25) is 5.91 Å². The van der Waals surface area contributed by atoms with E-state index in [-0.39, 0.29) is 11.6 Å². The van der Waals surface area contributed by atoms with Crippen LogP contribution in [0.2, 0.25) is 0 Å². The van der Waals surface area contributed by atoms with Crippen LogP contribution in [0.15, 0.2) is 0 Å². The number of ether oxygens (including phenoxy) is 1. The Kier molecular flexibility index (Phi) is 0.858. The lowest BCUT2D eigenvalue weighted by Crippen LogP contribution is -2.52. The van der Waals surface area contributed by atoms with E-state index in [1.54, 1.807) is 0 Å². The van der Waals surface area contributed by atoms with Crippen molar-refractivity contribution >= 4 is 5.91 Å². The topological polar surface area (TPSA) is 38.3 Å². The molecule has 2 saturated heterocycles. The van der Waals surface area contributed by atoms with Crippen LogP contribution in [0.3, 0.4) is 0 Å². The fourth-order valence-corrected chi connectivity index (χ4v) is 1.34. The molecule has 0 radical (unpaired) electrons. The molecule has 1 unspecified atom stereocenters. The summed E-state index contributed by atoms with van der Waals surface area (Å²) in [7, 11) is 0. The van der Waals surface area contributed by atoms with Gasteiger partial charge in [0.05, 0.1) is 6.61 Å². The lowest BCUT2D eigenvalue weighted by molar-refractivity contribution is -0.161. The zero-order valence-corrected chi connectivity index (χ0v) is 5.14. The first-order chi connectivity index (χ1) is 4.31. The SMILES string of the molecule is O=C1CCC2(CCO2)N1. The molecule has 2 rings (SSSR count). The Morgan fingerprint density at radius 2 is 2.33 bits per heavy atom. The van der Waals surface area contributed by atoms with Gasteiger partial charge in [-0.15, -0.1) is 0 Å². The number of rotatable bonds is 0. The van der Waals surface area contributed by atoms with Gasteiger partial charge in [-0.3, -0.25) is 4.79 Å². The van der Waals surface area contributed by atoms with Gasteiger partial charge in [0.25, 0.3) is 0 Å². The second kappa shape index (κ2) is 1.48. The normalized spacial score (nSPS) is 40.7. The van der Waals surface area contributed by atoms with E-state index in [4.69, 9.17) is 4.74 Å². The molecule has 0 aromatic carbocycles. The number of nitrogens with one attached hydrogen (secondary N) is 1. The average Bonchev–Trinajstić information content (AvgIpc) is 2.09. The number of hydrogen-bond donors (Lipinski definition) is 1. The number of amides is 1. The van der Waals surface area contributed by atoms with Gasteiger partial charge >= 0.3 is 0 Å². The predicted octanol–water partition coefficient (Wildman–Crippen LogP) is 0.0130. The van der Waals surface area contributed by atoms with Gasteiger partial charge in [-0.1, -0.05) is 0 Å². The molecule has 1 atom stereocenters. The van der Waals surface area contributed by atoms with Crippen molar-refractivity contribution in [3.63, 3.8) is 0 Å². The van der Waals surface area contributed by atoms with Crippen molar-refractivity contribution in [1.29, 1.82) is 0 Å². The minimum atomic E-state index is -0.211. The van der Waals surface area contributed by atoms with Gasteiger partial charge in [0, 0.05) is 19.3 Å². The van der Waals surface area contributed by atoms with Crippen molar-refractivity contribution in [1.82, 2.24) is 5.32 Å². The van der Waals surface area contributed by atoms with E-state index in [2.05, 4.69) is 5.32 Å². The van der Waals surface area contributed by atoms with Gasteiger partial charge < -0.3 is 10.1 Å². The lowest BCUT2D eigenvalue weighted by Gasteiger charge is -2.37. The highest BCUT2D eigenvalue weighted by atomic mass is 16.5. The second-order valence-electron chi connectivity index (χ2n) is 2.64. The van der Waals surface area contributed by atoms with Crippen molar-refractivity contribution in [2.75, 3.05) is 6.61 Å². The Morgan fingerprint density at radius 3 is 2.56 bits per heavy atom. The minimum Gasteiger partial charge on any atom is -0.355 e. The predicted molar refractivity (Wildman–Crippen MR) is 30.7 cm³/mol. The molecule has 0 aromatic heterocycles. The van der Waals surface area contributed by atoms with Gasteiger partial charge in [-0.25, -0.2) is 0 Å². The van der Waals surface area contributed by atoms with Crippen LogP contribution in [0.1, 0.15) is 19.3 Å². The summed E-state index contributed by atoms with van der Waals surface area (Å²) in [6.07, 6.45) is 2.50. The largest absolute Gasteiger partial charge is 0.355 e. The maximum Gasteiger partial charge on any atom is 0.222 e. The van der Waals surface area contributed by atoms with Crippen LogP contribution in [0.4, 0.5) is 0 Å². The second-order valence-corrected chi connectivity index (χ2v) is 2.64. The molecule has 2 heterocycles. The summed E-state index contributed by atoms with van der Waals surface area (Å²) in [6, 6.07) is 0. The molecule has 3 heteroatoms. The van der Waals surface area contributed by atoms with Crippen LogP contribution in [0.25, 0.3) is 0 Å². The first kappa shape index (κ1) is 5.23. The smallest absolute Gasteiger partial charge is 0.222 e.